The van der Waals surface area contributed by atoms with Gasteiger partial charge >= 0.3 is 0 Å². The molecule has 2 amide bonds. The number of nitrogens with zero attached hydrogens (tertiary/aromatic N) is 1. The quantitative estimate of drug-likeness (QED) is 0.650. The fourth-order valence-electron chi connectivity index (χ4n) is 3.18. The predicted octanol–water partition coefficient (Wildman–Crippen LogP) is 2.99. The van der Waals surface area contributed by atoms with Crippen molar-refractivity contribution in [2.24, 2.45) is 11.0 Å². The van der Waals surface area contributed by atoms with E-state index in [2.05, 4.69) is 15.8 Å². The van der Waals surface area contributed by atoms with Crippen molar-refractivity contribution in [1.82, 2.24) is 10.7 Å². The average molecular weight is 337 g/mol. The van der Waals surface area contributed by atoms with Crippen molar-refractivity contribution < 1.29 is 9.59 Å². The third-order valence-corrected chi connectivity index (χ3v) is 4.58. The van der Waals surface area contributed by atoms with Gasteiger partial charge < -0.3 is 5.32 Å². The van der Waals surface area contributed by atoms with E-state index in [0.717, 1.165) is 42.0 Å². The van der Waals surface area contributed by atoms with Gasteiger partial charge in [0.1, 0.15) is 0 Å². The van der Waals surface area contributed by atoms with Crippen LogP contribution in [0.3, 0.4) is 0 Å². The summed E-state index contributed by atoms with van der Waals surface area (Å²) in [6.45, 7) is -0.0373. The molecule has 0 aromatic heterocycles. The van der Waals surface area contributed by atoms with E-state index in [-0.39, 0.29) is 24.3 Å². The molecule has 0 bridgehead atoms. The van der Waals surface area contributed by atoms with Gasteiger partial charge in [-0.25, -0.2) is 5.43 Å². The van der Waals surface area contributed by atoms with Gasteiger partial charge in [-0.1, -0.05) is 55.7 Å². The molecule has 2 N–H and O–H groups in total. The van der Waals surface area contributed by atoms with Crippen molar-refractivity contribution in [2.75, 3.05) is 6.54 Å². The van der Waals surface area contributed by atoms with Gasteiger partial charge in [0.15, 0.2) is 0 Å². The molecule has 1 aliphatic rings. The molecule has 0 spiro atoms. The molecule has 1 fully saturated rings. The van der Waals surface area contributed by atoms with E-state index in [1.165, 1.54) is 6.42 Å². The lowest BCUT2D eigenvalue weighted by molar-refractivity contribution is -0.129. The van der Waals surface area contributed by atoms with E-state index in [0.29, 0.717) is 0 Å². The Kier molecular flexibility index (Phi) is 5.77. The van der Waals surface area contributed by atoms with E-state index >= 15 is 0 Å². The second-order valence-corrected chi connectivity index (χ2v) is 6.45. The van der Waals surface area contributed by atoms with Crippen LogP contribution >= 0.6 is 0 Å². The Morgan fingerprint density at radius 3 is 2.60 bits per heavy atom. The van der Waals surface area contributed by atoms with Crippen molar-refractivity contribution >= 4 is 28.8 Å². The lowest BCUT2D eigenvalue weighted by Gasteiger charge is -2.20. The van der Waals surface area contributed by atoms with Crippen molar-refractivity contribution in [3.63, 3.8) is 0 Å². The zero-order chi connectivity index (χ0) is 17.5. The van der Waals surface area contributed by atoms with E-state index in [1.54, 1.807) is 6.21 Å². The van der Waals surface area contributed by atoms with Crippen molar-refractivity contribution in [3.8, 4) is 0 Å². The fraction of sp³-hybridized carbons (Fsp3) is 0.350. The monoisotopic (exact) mass is 337 g/mol. The average Bonchev–Trinajstić information content (AvgIpc) is 2.66. The number of amides is 2. The minimum Gasteiger partial charge on any atom is -0.347 e. The Balaban J connectivity index is 1.46. The third-order valence-electron chi connectivity index (χ3n) is 4.58. The topological polar surface area (TPSA) is 70.6 Å². The highest BCUT2D eigenvalue weighted by Gasteiger charge is 2.21. The van der Waals surface area contributed by atoms with Crippen molar-refractivity contribution in [3.05, 3.63) is 48.0 Å². The summed E-state index contributed by atoms with van der Waals surface area (Å²) in [5.41, 5.74) is 3.36. The maximum atomic E-state index is 12.0. The Morgan fingerprint density at radius 2 is 1.80 bits per heavy atom. The summed E-state index contributed by atoms with van der Waals surface area (Å²) in [6, 6.07) is 14.0. The van der Waals surface area contributed by atoms with Crippen LogP contribution in [0.1, 0.15) is 37.7 Å². The number of rotatable bonds is 5. The van der Waals surface area contributed by atoms with Crippen LogP contribution in [-0.4, -0.2) is 24.6 Å². The standard InChI is InChI=1S/C20H23N3O2/c24-19(14-21-20(25)17-7-2-1-3-8-17)23-22-13-15-10-11-16-6-4-5-9-18(16)12-15/h4-6,9-13,17H,1-3,7-8,14H2,(H,21,25)(H,23,24)/b22-13+. The van der Waals surface area contributed by atoms with Crippen LogP contribution < -0.4 is 10.7 Å². The molecule has 2 aromatic rings. The van der Waals surface area contributed by atoms with Crippen LogP contribution in [0.2, 0.25) is 0 Å². The van der Waals surface area contributed by atoms with E-state index in [4.69, 9.17) is 0 Å². The van der Waals surface area contributed by atoms with Crippen LogP contribution in [0, 0.1) is 5.92 Å². The Bertz CT molecular complexity index is 779. The molecule has 1 aliphatic carbocycles. The van der Waals surface area contributed by atoms with Crippen LogP contribution in [0.5, 0.6) is 0 Å². The highest BCUT2D eigenvalue weighted by atomic mass is 16.2. The summed E-state index contributed by atoms with van der Waals surface area (Å²) in [7, 11) is 0. The molecule has 2 aromatic carbocycles. The van der Waals surface area contributed by atoms with Crippen molar-refractivity contribution in [1.29, 1.82) is 0 Å². The first-order valence-corrected chi connectivity index (χ1v) is 8.81. The van der Waals surface area contributed by atoms with Crippen LogP contribution in [-0.2, 0) is 9.59 Å². The number of hydrogen-bond acceptors (Lipinski definition) is 3. The molecule has 5 nitrogen and oxygen atoms in total. The normalized spacial score (nSPS) is 15.4. The number of hydrazone groups is 1. The summed E-state index contributed by atoms with van der Waals surface area (Å²) >= 11 is 0. The molecular formula is C20H23N3O2. The van der Waals surface area contributed by atoms with E-state index in [9.17, 15) is 9.59 Å². The molecule has 0 radical (unpaired) electrons. The number of benzene rings is 2. The second kappa shape index (κ2) is 8.42. The number of fused-ring (bicyclic) bond motifs is 1. The number of nitrogens with one attached hydrogen (secondary N) is 2. The van der Waals surface area contributed by atoms with Crippen LogP contribution in [0.4, 0.5) is 0 Å². The molecule has 3 rings (SSSR count). The van der Waals surface area contributed by atoms with Gasteiger partial charge in [-0.15, -0.1) is 0 Å². The number of hydrogen-bond donors (Lipinski definition) is 2. The smallest absolute Gasteiger partial charge is 0.259 e. The minimum absolute atomic E-state index is 0.0200. The second-order valence-electron chi connectivity index (χ2n) is 6.45. The molecule has 0 heterocycles. The van der Waals surface area contributed by atoms with E-state index in [1.807, 2.05) is 42.5 Å². The van der Waals surface area contributed by atoms with Gasteiger partial charge in [-0.05, 0) is 35.2 Å². The first-order valence-electron chi connectivity index (χ1n) is 8.81. The van der Waals surface area contributed by atoms with Crippen LogP contribution in [0.25, 0.3) is 10.8 Å². The molecule has 0 atom stereocenters. The minimum atomic E-state index is -0.318. The SMILES string of the molecule is O=C(CNC(=O)C1CCCCC1)N/N=C/c1ccc2ccccc2c1. The van der Waals surface area contributed by atoms with Crippen LogP contribution in [0.15, 0.2) is 47.6 Å². The molecule has 5 heteroatoms. The van der Waals surface area contributed by atoms with Gasteiger partial charge in [0.25, 0.3) is 5.91 Å². The lowest BCUT2D eigenvalue weighted by atomic mass is 9.89. The first-order chi connectivity index (χ1) is 12.2. The van der Waals surface area contributed by atoms with Gasteiger partial charge in [0.2, 0.25) is 5.91 Å². The lowest BCUT2D eigenvalue weighted by Crippen LogP contribution is -2.38. The Morgan fingerprint density at radius 1 is 1.04 bits per heavy atom. The Labute approximate surface area is 147 Å². The van der Waals surface area contributed by atoms with Crippen molar-refractivity contribution in [2.45, 2.75) is 32.1 Å². The summed E-state index contributed by atoms with van der Waals surface area (Å²) in [5, 5.41) is 8.95. The predicted molar refractivity (Wildman–Crippen MR) is 99.3 cm³/mol. The van der Waals surface area contributed by atoms with Gasteiger partial charge in [0, 0.05) is 5.92 Å². The maximum Gasteiger partial charge on any atom is 0.259 e. The number of carbonyl (C=O) groups is 2. The molecule has 1 saturated carbocycles. The zero-order valence-electron chi connectivity index (χ0n) is 14.2. The Hall–Kier alpha value is -2.69. The maximum absolute atomic E-state index is 12.0. The summed E-state index contributed by atoms with van der Waals surface area (Å²) in [6.07, 6.45) is 6.85. The third kappa shape index (κ3) is 4.89. The largest absolute Gasteiger partial charge is 0.347 e. The summed E-state index contributed by atoms with van der Waals surface area (Å²) in [5.74, 6) is -0.280. The molecule has 0 saturated heterocycles. The molecule has 0 unspecified atom stereocenters. The summed E-state index contributed by atoms with van der Waals surface area (Å²) < 4.78 is 0. The number of carbonyl (C=O) groups excluding carboxylic acids is 2. The zero-order valence-corrected chi connectivity index (χ0v) is 14.2. The summed E-state index contributed by atoms with van der Waals surface area (Å²) in [4.78, 5) is 23.8. The van der Waals surface area contributed by atoms with Gasteiger partial charge in [-0.2, -0.15) is 5.10 Å². The van der Waals surface area contributed by atoms with Gasteiger partial charge in [0.05, 0.1) is 12.8 Å². The fourth-order valence-corrected chi connectivity index (χ4v) is 3.18. The van der Waals surface area contributed by atoms with Gasteiger partial charge in [-0.3, -0.25) is 9.59 Å². The molecule has 0 aliphatic heterocycles. The molecular weight excluding hydrogens is 314 g/mol. The first kappa shape index (κ1) is 17.1. The molecule has 130 valence electrons. The van der Waals surface area contributed by atoms with E-state index < -0.39 is 0 Å². The highest BCUT2D eigenvalue weighted by molar-refractivity contribution is 5.91. The highest BCUT2D eigenvalue weighted by Crippen LogP contribution is 2.23. The molecule has 25 heavy (non-hydrogen) atoms.